The lowest BCUT2D eigenvalue weighted by molar-refractivity contribution is 0.538. The van der Waals surface area contributed by atoms with Gasteiger partial charge in [-0.3, -0.25) is 4.98 Å². The van der Waals surface area contributed by atoms with Gasteiger partial charge in [-0.15, -0.1) is 5.10 Å². The quantitative estimate of drug-likeness (QED) is 0.730. The van der Waals surface area contributed by atoms with Crippen LogP contribution in [0.4, 0.5) is 0 Å². The zero-order valence-corrected chi connectivity index (χ0v) is 15.8. The van der Waals surface area contributed by atoms with Crippen LogP contribution in [0.3, 0.4) is 0 Å². The van der Waals surface area contributed by atoms with Crippen molar-refractivity contribution in [1.29, 1.82) is 0 Å². The largest absolute Gasteiger partial charge is 0.304 e. The van der Waals surface area contributed by atoms with Gasteiger partial charge in [0.2, 0.25) is 0 Å². The molecular weight excluding hydrogens is 454 g/mol. The van der Waals surface area contributed by atoms with Crippen LogP contribution in [0.5, 0.6) is 0 Å². The summed E-state index contributed by atoms with van der Waals surface area (Å²) < 4.78 is 4.36. The van der Waals surface area contributed by atoms with Gasteiger partial charge in [-0.2, -0.15) is 0 Å². The average molecular weight is 468 g/mol. The van der Waals surface area contributed by atoms with Crippen LogP contribution in [0.1, 0.15) is 30.8 Å². The molecule has 1 atom stereocenters. The van der Waals surface area contributed by atoms with Crippen LogP contribution in [0.25, 0.3) is 0 Å². The maximum Gasteiger partial charge on any atom is 0.153 e. The van der Waals surface area contributed by atoms with Gasteiger partial charge in [0.05, 0.1) is 17.4 Å². The summed E-state index contributed by atoms with van der Waals surface area (Å²) >= 11 is 10.5. The highest BCUT2D eigenvalue weighted by Gasteiger charge is 2.24. The fourth-order valence-corrected chi connectivity index (χ4v) is 3.67. The summed E-state index contributed by atoms with van der Waals surface area (Å²) in [5, 5.41) is 11.6. The van der Waals surface area contributed by atoms with Crippen molar-refractivity contribution in [2.75, 3.05) is 6.54 Å². The summed E-state index contributed by atoms with van der Waals surface area (Å²) in [6.07, 6.45) is 2.83. The first-order chi connectivity index (χ1) is 9.54. The molecule has 108 valence electrons. The molecule has 5 nitrogen and oxygen atoms in total. The fraction of sp³-hybridized carbons (Fsp3) is 0.417. The Labute approximate surface area is 142 Å². The molecule has 2 aromatic heterocycles. The lowest BCUT2D eigenvalue weighted by Gasteiger charge is -2.19. The van der Waals surface area contributed by atoms with Crippen LogP contribution >= 0.6 is 47.8 Å². The van der Waals surface area contributed by atoms with Crippen LogP contribution in [-0.2, 0) is 7.05 Å². The first-order valence-corrected chi connectivity index (χ1v) is 8.51. The van der Waals surface area contributed by atoms with E-state index in [2.05, 4.69) is 75.3 Å². The van der Waals surface area contributed by atoms with E-state index in [0.717, 1.165) is 37.9 Å². The Balaban J connectivity index is 2.47. The van der Waals surface area contributed by atoms with E-state index in [1.54, 1.807) is 10.9 Å². The van der Waals surface area contributed by atoms with Crippen molar-refractivity contribution in [3.63, 3.8) is 0 Å². The van der Waals surface area contributed by atoms with Gasteiger partial charge in [-0.1, -0.05) is 12.1 Å². The molecular formula is C12H14Br3N5. The Hall–Kier alpha value is -0.310. The molecule has 0 aliphatic carbocycles. The minimum absolute atomic E-state index is 0.0770. The van der Waals surface area contributed by atoms with Crippen molar-refractivity contribution in [1.82, 2.24) is 25.3 Å². The van der Waals surface area contributed by atoms with E-state index in [-0.39, 0.29) is 6.04 Å². The van der Waals surface area contributed by atoms with Gasteiger partial charge in [0.25, 0.3) is 0 Å². The second kappa shape index (κ2) is 7.11. The molecule has 2 aromatic rings. The van der Waals surface area contributed by atoms with E-state index in [9.17, 15) is 0 Å². The van der Waals surface area contributed by atoms with Gasteiger partial charge >= 0.3 is 0 Å². The van der Waals surface area contributed by atoms with Crippen molar-refractivity contribution in [2.45, 2.75) is 19.4 Å². The van der Waals surface area contributed by atoms with Gasteiger partial charge in [0.1, 0.15) is 0 Å². The number of hydrogen-bond acceptors (Lipinski definition) is 4. The molecule has 0 aliphatic rings. The molecule has 8 heteroatoms. The number of aryl methyl sites for hydroxylation is 1. The predicted octanol–water partition coefficient (Wildman–Crippen LogP) is 3.59. The summed E-state index contributed by atoms with van der Waals surface area (Å²) in [5.41, 5.74) is 1.86. The molecule has 0 radical (unpaired) electrons. The molecule has 0 aliphatic heterocycles. The third-order valence-electron chi connectivity index (χ3n) is 2.81. The molecule has 0 aromatic carbocycles. The van der Waals surface area contributed by atoms with Crippen molar-refractivity contribution in [2.24, 2.45) is 7.05 Å². The normalized spacial score (nSPS) is 12.7. The second-order valence-electron chi connectivity index (χ2n) is 4.30. The van der Waals surface area contributed by atoms with Crippen LogP contribution in [0.15, 0.2) is 25.8 Å². The summed E-state index contributed by atoms with van der Waals surface area (Å²) in [7, 11) is 1.88. The Bertz CT molecular complexity index is 579. The summed E-state index contributed by atoms with van der Waals surface area (Å²) in [5.74, 6) is 0. The lowest BCUT2D eigenvalue weighted by atomic mass is 10.1. The average Bonchev–Trinajstić information content (AvgIpc) is 2.72. The van der Waals surface area contributed by atoms with Crippen molar-refractivity contribution in [3.8, 4) is 0 Å². The number of hydrogen-bond donors (Lipinski definition) is 1. The summed E-state index contributed by atoms with van der Waals surface area (Å²) in [6, 6.07) is 1.91. The lowest BCUT2D eigenvalue weighted by Crippen LogP contribution is -2.26. The van der Waals surface area contributed by atoms with Gasteiger partial charge in [-0.05, 0) is 66.8 Å². The molecule has 0 fully saturated rings. The van der Waals surface area contributed by atoms with E-state index in [4.69, 9.17) is 0 Å². The first kappa shape index (κ1) is 16.1. The van der Waals surface area contributed by atoms with Gasteiger partial charge in [0.15, 0.2) is 4.60 Å². The predicted molar refractivity (Wildman–Crippen MR) is 88.5 cm³/mol. The van der Waals surface area contributed by atoms with E-state index in [1.165, 1.54) is 0 Å². The van der Waals surface area contributed by atoms with E-state index < -0.39 is 0 Å². The fourth-order valence-electron chi connectivity index (χ4n) is 1.89. The third kappa shape index (κ3) is 3.47. The second-order valence-corrected chi connectivity index (χ2v) is 6.82. The smallest absolute Gasteiger partial charge is 0.153 e. The highest BCUT2D eigenvalue weighted by atomic mass is 79.9. The summed E-state index contributed by atoms with van der Waals surface area (Å²) in [6.45, 7) is 3.01. The topological polar surface area (TPSA) is 55.6 Å². The van der Waals surface area contributed by atoms with E-state index >= 15 is 0 Å². The van der Waals surface area contributed by atoms with Gasteiger partial charge < -0.3 is 5.32 Å². The van der Waals surface area contributed by atoms with Crippen LogP contribution < -0.4 is 5.32 Å². The van der Waals surface area contributed by atoms with Gasteiger partial charge in [0, 0.05) is 22.2 Å². The van der Waals surface area contributed by atoms with E-state index in [1.807, 2.05) is 13.1 Å². The Morgan fingerprint density at radius 2 is 2.10 bits per heavy atom. The zero-order chi connectivity index (χ0) is 14.7. The molecule has 2 heterocycles. The Morgan fingerprint density at radius 3 is 2.65 bits per heavy atom. The Morgan fingerprint density at radius 1 is 1.35 bits per heavy atom. The molecule has 1 unspecified atom stereocenters. The Kier molecular flexibility index (Phi) is 5.71. The maximum absolute atomic E-state index is 4.52. The first-order valence-electron chi connectivity index (χ1n) is 6.14. The number of aromatic nitrogens is 4. The molecule has 2 rings (SSSR count). The van der Waals surface area contributed by atoms with Crippen molar-refractivity contribution < 1.29 is 0 Å². The summed E-state index contributed by atoms with van der Waals surface area (Å²) in [4.78, 5) is 4.52. The number of pyridine rings is 1. The highest BCUT2D eigenvalue weighted by molar-refractivity contribution is 9.11. The minimum Gasteiger partial charge on any atom is -0.304 e. The zero-order valence-electron chi connectivity index (χ0n) is 11.1. The van der Waals surface area contributed by atoms with E-state index in [0.29, 0.717) is 0 Å². The van der Waals surface area contributed by atoms with Crippen LogP contribution in [-0.4, -0.2) is 26.5 Å². The minimum atomic E-state index is -0.0770. The third-order valence-corrected chi connectivity index (χ3v) is 4.44. The standard InChI is InChI=1S/C12H14Br3N5/c1-3-4-16-10(11-12(15)18-19-20(11)2)9-8(14)5-7(13)6-17-9/h5-6,10,16H,3-4H2,1-2H3. The molecule has 0 saturated carbocycles. The van der Waals surface area contributed by atoms with Crippen molar-refractivity contribution in [3.05, 3.63) is 37.2 Å². The van der Waals surface area contributed by atoms with Crippen LogP contribution in [0, 0.1) is 0 Å². The number of rotatable bonds is 5. The van der Waals surface area contributed by atoms with Crippen LogP contribution in [0.2, 0.25) is 0 Å². The monoisotopic (exact) mass is 465 g/mol. The molecule has 0 bridgehead atoms. The highest BCUT2D eigenvalue weighted by Crippen LogP contribution is 2.31. The number of halogens is 3. The van der Waals surface area contributed by atoms with Gasteiger partial charge in [-0.25, -0.2) is 4.68 Å². The number of nitrogens with zero attached hydrogens (tertiary/aromatic N) is 4. The molecule has 0 spiro atoms. The number of nitrogens with one attached hydrogen (secondary N) is 1. The maximum atomic E-state index is 4.52. The molecule has 20 heavy (non-hydrogen) atoms. The molecule has 0 amide bonds. The molecule has 0 saturated heterocycles. The SMILES string of the molecule is CCCNC(c1ncc(Br)cc1Br)c1c(Br)nnn1C. The van der Waals surface area contributed by atoms with Crippen molar-refractivity contribution >= 4 is 47.8 Å². The molecule has 1 N–H and O–H groups in total.